The molecule has 0 unspecified atom stereocenters. The van der Waals surface area contributed by atoms with Gasteiger partial charge in [0.25, 0.3) is 5.91 Å². The zero-order valence-corrected chi connectivity index (χ0v) is 13.8. The maximum absolute atomic E-state index is 11.9. The number of H-pyrrole nitrogens is 1. The molecule has 6 nitrogen and oxygen atoms in total. The Morgan fingerprint density at radius 3 is 2.83 bits per heavy atom. The highest BCUT2D eigenvalue weighted by Gasteiger charge is 2.09. The van der Waals surface area contributed by atoms with Gasteiger partial charge in [0, 0.05) is 24.2 Å². The summed E-state index contributed by atoms with van der Waals surface area (Å²) in [6.45, 7) is 5.07. The highest BCUT2D eigenvalue weighted by molar-refractivity contribution is 5.97. The van der Waals surface area contributed by atoms with Crippen molar-refractivity contribution >= 4 is 16.9 Å². The summed E-state index contributed by atoms with van der Waals surface area (Å²) < 4.78 is 5.39. The number of fused-ring (bicyclic) bond motifs is 1. The number of hydrogen-bond acceptors (Lipinski definition) is 4. The molecule has 0 aliphatic carbocycles. The second kappa shape index (κ2) is 7.12. The molecule has 3 rings (SSSR count). The lowest BCUT2D eigenvalue weighted by atomic mass is 10.2. The fourth-order valence-corrected chi connectivity index (χ4v) is 2.49. The number of benzene rings is 1. The van der Waals surface area contributed by atoms with E-state index < -0.39 is 0 Å². The molecule has 0 atom stereocenters. The van der Waals surface area contributed by atoms with Gasteiger partial charge in [-0.3, -0.25) is 9.78 Å². The summed E-state index contributed by atoms with van der Waals surface area (Å²) in [5.74, 6) is 1.50. The molecule has 3 aromatic rings. The van der Waals surface area contributed by atoms with Crippen molar-refractivity contribution in [1.82, 2.24) is 20.3 Å². The molecular weight excluding hydrogens is 304 g/mol. The molecule has 0 fully saturated rings. The van der Waals surface area contributed by atoms with Gasteiger partial charge in [-0.2, -0.15) is 0 Å². The number of hydrogen-bond donors (Lipinski definition) is 2. The molecular formula is C18H20N4O2. The van der Waals surface area contributed by atoms with Crippen LogP contribution >= 0.6 is 0 Å². The molecule has 2 N–H and O–H groups in total. The maximum atomic E-state index is 11.9. The normalized spacial score (nSPS) is 10.8. The molecule has 0 saturated heterocycles. The van der Waals surface area contributed by atoms with Crippen LogP contribution in [-0.2, 0) is 6.42 Å². The topological polar surface area (TPSA) is 79.9 Å². The van der Waals surface area contributed by atoms with Crippen molar-refractivity contribution < 1.29 is 9.53 Å². The predicted octanol–water partition coefficient (Wildman–Crippen LogP) is 2.70. The van der Waals surface area contributed by atoms with Crippen LogP contribution in [0.2, 0.25) is 0 Å². The summed E-state index contributed by atoms with van der Waals surface area (Å²) in [4.78, 5) is 24.1. The zero-order valence-electron chi connectivity index (χ0n) is 13.8. The second-order valence-corrected chi connectivity index (χ2v) is 5.37. The lowest BCUT2D eigenvalue weighted by molar-refractivity contribution is 0.0956. The van der Waals surface area contributed by atoms with Crippen LogP contribution in [0.3, 0.4) is 0 Å². The fourth-order valence-electron chi connectivity index (χ4n) is 2.49. The molecule has 0 aliphatic rings. The standard InChI is InChI=1S/C18H20N4O2/c1-3-19-18(23)12-5-8-15-16(9-12)22-17(21-15)10-13-6-7-14(11-20-13)24-4-2/h5-9,11H,3-4,10H2,1-2H3,(H,19,23)(H,21,22). The van der Waals surface area contributed by atoms with Gasteiger partial charge in [0.2, 0.25) is 0 Å². The first-order valence-corrected chi connectivity index (χ1v) is 8.04. The molecule has 2 aromatic heterocycles. The summed E-state index contributed by atoms with van der Waals surface area (Å²) in [5.41, 5.74) is 3.21. The van der Waals surface area contributed by atoms with Crippen molar-refractivity contribution in [2.24, 2.45) is 0 Å². The van der Waals surface area contributed by atoms with Crippen LogP contribution in [0.4, 0.5) is 0 Å². The van der Waals surface area contributed by atoms with Gasteiger partial charge < -0.3 is 15.0 Å². The Bertz CT molecular complexity index is 840. The third-order valence-electron chi connectivity index (χ3n) is 3.59. The minimum Gasteiger partial charge on any atom is -0.492 e. The van der Waals surface area contributed by atoms with E-state index in [1.807, 2.05) is 38.1 Å². The van der Waals surface area contributed by atoms with E-state index in [-0.39, 0.29) is 5.91 Å². The minimum atomic E-state index is -0.0799. The molecule has 124 valence electrons. The SMILES string of the molecule is CCNC(=O)c1ccc2nc(Cc3ccc(OCC)cn3)[nH]c2c1. The first-order valence-electron chi connectivity index (χ1n) is 8.04. The predicted molar refractivity (Wildman–Crippen MR) is 92.3 cm³/mol. The molecule has 0 saturated carbocycles. The fraction of sp³-hybridized carbons (Fsp3) is 0.278. The van der Waals surface area contributed by atoms with Crippen molar-refractivity contribution in [3.63, 3.8) is 0 Å². The number of carbonyl (C=O) groups excluding carboxylic acids is 1. The molecule has 6 heteroatoms. The van der Waals surface area contributed by atoms with Gasteiger partial charge >= 0.3 is 0 Å². The Hall–Kier alpha value is -2.89. The number of nitrogens with one attached hydrogen (secondary N) is 2. The van der Waals surface area contributed by atoms with Crippen molar-refractivity contribution in [3.05, 3.63) is 53.6 Å². The Kier molecular flexibility index (Phi) is 4.74. The number of carbonyl (C=O) groups is 1. The highest BCUT2D eigenvalue weighted by Crippen LogP contribution is 2.16. The second-order valence-electron chi connectivity index (χ2n) is 5.37. The minimum absolute atomic E-state index is 0.0799. The van der Waals surface area contributed by atoms with Gasteiger partial charge in [0.1, 0.15) is 11.6 Å². The largest absolute Gasteiger partial charge is 0.492 e. The van der Waals surface area contributed by atoms with Crippen molar-refractivity contribution in [2.75, 3.05) is 13.2 Å². The number of amides is 1. The molecule has 2 heterocycles. The highest BCUT2D eigenvalue weighted by atomic mass is 16.5. The van der Waals surface area contributed by atoms with Crippen LogP contribution in [0.25, 0.3) is 11.0 Å². The van der Waals surface area contributed by atoms with E-state index in [0.29, 0.717) is 25.1 Å². The summed E-state index contributed by atoms with van der Waals surface area (Å²) in [5, 5.41) is 2.79. The molecule has 24 heavy (non-hydrogen) atoms. The Morgan fingerprint density at radius 2 is 2.12 bits per heavy atom. The smallest absolute Gasteiger partial charge is 0.251 e. The Morgan fingerprint density at radius 1 is 1.25 bits per heavy atom. The van der Waals surface area contributed by atoms with E-state index in [9.17, 15) is 4.79 Å². The molecule has 0 radical (unpaired) electrons. The van der Waals surface area contributed by atoms with Crippen molar-refractivity contribution in [2.45, 2.75) is 20.3 Å². The third kappa shape index (κ3) is 3.53. The Balaban J connectivity index is 1.78. The van der Waals surface area contributed by atoms with Crippen molar-refractivity contribution in [3.8, 4) is 5.75 Å². The average molecular weight is 324 g/mol. The molecule has 0 bridgehead atoms. The van der Waals surface area contributed by atoms with Gasteiger partial charge in [-0.1, -0.05) is 0 Å². The number of aromatic nitrogens is 3. The van der Waals surface area contributed by atoms with Crippen LogP contribution in [0.5, 0.6) is 5.75 Å². The number of ether oxygens (including phenoxy) is 1. The monoisotopic (exact) mass is 324 g/mol. The lowest BCUT2D eigenvalue weighted by Crippen LogP contribution is -2.22. The average Bonchev–Trinajstić information content (AvgIpc) is 2.98. The van der Waals surface area contributed by atoms with Crippen molar-refractivity contribution in [1.29, 1.82) is 0 Å². The van der Waals surface area contributed by atoms with E-state index in [0.717, 1.165) is 28.3 Å². The Labute approximate surface area is 140 Å². The van der Waals surface area contributed by atoms with Gasteiger partial charge in [-0.05, 0) is 44.2 Å². The van der Waals surface area contributed by atoms with Crippen LogP contribution < -0.4 is 10.1 Å². The molecule has 1 aromatic carbocycles. The first kappa shape index (κ1) is 16.0. The number of imidazole rings is 1. The zero-order chi connectivity index (χ0) is 16.9. The first-order chi connectivity index (χ1) is 11.7. The van der Waals surface area contributed by atoms with Gasteiger partial charge in [0.05, 0.1) is 23.8 Å². The van der Waals surface area contributed by atoms with Gasteiger partial charge in [-0.15, -0.1) is 0 Å². The van der Waals surface area contributed by atoms with E-state index in [4.69, 9.17) is 4.74 Å². The van der Waals surface area contributed by atoms with E-state index in [1.54, 1.807) is 12.3 Å². The van der Waals surface area contributed by atoms with Gasteiger partial charge in [-0.25, -0.2) is 4.98 Å². The summed E-state index contributed by atoms with van der Waals surface area (Å²) in [6.07, 6.45) is 2.31. The maximum Gasteiger partial charge on any atom is 0.251 e. The van der Waals surface area contributed by atoms with Crippen LogP contribution in [-0.4, -0.2) is 34.0 Å². The quantitative estimate of drug-likeness (QED) is 0.730. The van der Waals surface area contributed by atoms with Crippen LogP contribution in [0, 0.1) is 0 Å². The number of pyridine rings is 1. The van der Waals surface area contributed by atoms with Crippen LogP contribution in [0.1, 0.15) is 35.7 Å². The summed E-state index contributed by atoms with van der Waals surface area (Å²) in [6, 6.07) is 9.29. The number of nitrogens with zero attached hydrogens (tertiary/aromatic N) is 2. The van der Waals surface area contributed by atoms with E-state index >= 15 is 0 Å². The molecule has 0 aliphatic heterocycles. The van der Waals surface area contributed by atoms with E-state index in [2.05, 4.69) is 20.3 Å². The van der Waals surface area contributed by atoms with Crippen LogP contribution in [0.15, 0.2) is 36.5 Å². The van der Waals surface area contributed by atoms with Gasteiger partial charge in [0.15, 0.2) is 0 Å². The van der Waals surface area contributed by atoms with E-state index in [1.165, 1.54) is 0 Å². The number of aromatic amines is 1. The molecule has 1 amide bonds. The number of rotatable bonds is 6. The lowest BCUT2D eigenvalue weighted by Gasteiger charge is -2.02. The third-order valence-corrected chi connectivity index (χ3v) is 3.59. The molecule has 0 spiro atoms. The summed E-state index contributed by atoms with van der Waals surface area (Å²) in [7, 11) is 0. The summed E-state index contributed by atoms with van der Waals surface area (Å²) >= 11 is 0.